The van der Waals surface area contributed by atoms with Crippen LogP contribution in [-0.4, -0.2) is 40.8 Å². The van der Waals surface area contributed by atoms with Crippen molar-refractivity contribution in [3.8, 4) is 22.5 Å². The molecule has 2 heterocycles. The number of halogens is 1. The highest BCUT2D eigenvalue weighted by atomic mass is 79.9. The Morgan fingerprint density at radius 3 is 2.48 bits per heavy atom. The van der Waals surface area contributed by atoms with Crippen molar-refractivity contribution in [1.29, 1.82) is 0 Å². The molecule has 0 unspecified atom stereocenters. The summed E-state index contributed by atoms with van der Waals surface area (Å²) in [5.41, 5.74) is 8.41. The highest BCUT2D eigenvalue weighted by Crippen LogP contribution is 2.32. The second-order valence-electron chi connectivity index (χ2n) is 7.99. The molecular formula is C23H20BrN5O3S. The second-order valence-corrected chi connectivity index (χ2v) is 10.8. The van der Waals surface area contributed by atoms with E-state index in [4.69, 9.17) is 5.73 Å². The second kappa shape index (κ2) is 8.05. The van der Waals surface area contributed by atoms with Crippen LogP contribution in [0.3, 0.4) is 0 Å². The summed E-state index contributed by atoms with van der Waals surface area (Å²) in [6.45, 7) is 0. The average Bonchev–Trinajstić information content (AvgIpc) is 3.67. The van der Waals surface area contributed by atoms with Gasteiger partial charge in [-0.25, -0.2) is 18.4 Å². The van der Waals surface area contributed by atoms with Crippen molar-refractivity contribution >= 4 is 42.5 Å². The number of hydrogen-bond acceptors (Lipinski definition) is 6. The molecule has 4 aromatic rings. The van der Waals surface area contributed by atoms with E-state index in [-0.39, 0.29) is 22.3 Å². The number of pyridine rings is 1. The van der Waals surface area contributed by atoms with Crippen LogP contribution in [0.4, 0.5) is 5.82 Å². The fraction of sp³-hybridized carbons (Fsp3) is 0.174. The fourth-order valence-corrected chi connectivity index (χ4v) is 5.58. The van der Waals surface area contributed by atoms with Crippen LogP contribution in [0.15, 0.2) is 69.0 Å². The Bertz CT molecular complexity index is 1550. The molecule has 0 aliphatic heterocycles. The molecule has 1 aliphatic carbocycles. The number of H-pyrrole nitrogens is 1. The Balaban J connectivity index is 1.52. The van der Waals surface area contributed by atoms with E-state index in [1.807, 2.05) is 6.07 Å². The van der Waals surface area contributed by atoms with Crippen LogP contribution in [-0.2, 0) is 10.0 Å². The van der Waals surface area contributed by atoms with Gasteiger partial charge in [-0.2, -0.15) is 4.31 Å². The minimum Gasteiger partial charge on any atom is -0.382 e. The third kappa shape index (κ3) is 3.94. The van der Waals surface area contributed by atoms with Gasteiger partial charge in [0, 0.05) is 45.7 Å². The third-order valence-corrected chi connectivity index (χ3v) is 8.39. The van der Waals surface area contributed by atoms with Gasteiger partial charge in [-0.1, -0.05) is 18.2 Å². The first kappa shape index (κ1) is 21.7. The smallest absolute Gasteiger partial charge is 0.255 e. The first-order valence-electron chi connectivity index (χ1n) is 10.3. The van der Waals surface area contributed by atoms with Crippen LogP contribution in [0.1, 0.15) is 12.8 Å². The molecule has 2 aromatic heterocycles. The topological polar surface area (TPSA) is 122 Å². The molecule has 0 saturated heterocycles. The van der Waals surface area contributed by atoms with Crippen LogP contribution in [0.5, 0.6) is 0 Å². The number of nitrogens with one attached hydrogen (secondary N) is 1. The van der Waals surface area contributed by atoms with Crippen molar-refractivity contribution in [2.24, 2.45) is 0 Å². The van der Waals surface area contributed by atoms with E-state index < -0.39 is 10.0 Å². The number of rotatable bonds is 5. The maximum Gasteiger partial charge on any atom is 0.255 e. The molecule has 10 heteroatoms. The third-order valence-electron chi connectivity index (χ3n) is 5.81. The van der Waals surface area contributed by atoms with Crippen molar-refractivity contribution in [2.45, 2.75) is 23.8 Å². The molecule has 0 atom stereocenters. The van der Waals surface area contributed by atoms with Crippen LogP contribution < -0.4 is 11.3 Å². The predicted octanol–water partition coefficient (Wildman–Crippen LogP) is 3.78. The Hall–Kier alpha value is -3.08. The number of fused-ring (bicyclic) bond motifs is 1. The maximum absolute atomic E-state index is 12.8. The van der Waals surface area contributed by atoms with Crippen molar-refractivity contribution in [1.82, 2.24) is 19.3 Å². The van der Waals surface area contributed by atoms with Gasteiger partial charge in [0.15, 0.2) is 0 Å². The van der Waals surface area contributed by atoms with Gasteiger partial charge in [-0.3, -0.25) is 4.79 Å². The van der Waals surface area contributed by atoms with Crippen molar-refractivity contribution in [3.05, 3.63) is 69.7 Å². The van der Waals surface area contributed by atoms with Gasteiger partial charge < -0.3 is 10.7 Å². The van der Waals surface area contributed by atoms with Crippen LogP contribution in [0, 0.1) is 0 Å². The van der Waals surface area contributed by atoms with Crippen LogP contribution in [0.25, 0.3) is 33.3 Å². The minimum absolute atomic E-state index is 0.0952. The van der Waals surface area contributed by atoms with Gasteiger partial charge in [0.05, 0.1) is 16.8 Å². The Labute approximate surface area is 198 Å². The monoisotopic (exact) mass is 525 g/mol. The predicted molar refractivity (Wildman–Crippen MR) is 131 cm³/mol. The molecule has 0 bridgehead atoms. The van der Waals surface area contributed by atoms with E-state index in [0.29, 0.717) is 22.3 Å². The van der Waals surface area contributed by atoms with Gasteiger partial charge in [-0.05, 0) is 53.0 Å². The SMILES string of the molecule is CN(C1CC1)S(=O)(=O)c1ccc(-c2cnc(N)c(-c3ccc4c(=O)[nH]cc(Br)c4c3)n2)cc1. The van der Waals surface area contributed by atoms with E-state index in [1.165, 1.54) is 4.31 Å². The van der Waals surface area contributed by atoms with Crippen LogP contribution in [0.2, 0.25) is 0 Å². The van der Waals surface area contributed by atoms with E-state index in [1.54, 1.807) is 55.8 Å². The van der Waals surface area contributed by atoms with Gasteiger partial charge in [0.2, 0.25) is 10.0 Å². The summed E-state index contributed by atoms with van der Waals surface area (Å²) in [5.74, 6) is 0.254. The van der Waals surface area contributed by atoms with E-state index in [9.17, 15) is 13.2 Å². The zero-order chi connectivity index (χ0) is 23.3. The molecule has 0 spiro atoms. The zero-order valence-corrected chi connectivity index (χ0v) is 20.0. The van der Waals surface area contributed by atoms with Gasteiger partial charge in [0.25, 0.3) is 5.56 Å². The summed E-state index contributed by atoms with van der Waals surface area (Å²) in [6.07, 6.45) is 4.95. The number of sulfonamides is 1. The van der Waals surface area contributed by atoms with Crippen molar-refractivity contribution in [2.75, 3.05) is 12.8 Å². The summed E-state index contributed by atoms with van der Waals surface area (Å²) < 4.78 is 27.7. The lowest BCUT2D eigenvalue weighted by Gasteiger charge is -2.16. The van der Waals surface area contributed by atoms with E-state index in [0.717, 1.165) is 28.3 Å². The molecule has 168 valence electrons. The molecule has 5 rings (SSSR count). The first-order chi connectivity index (χ1) is 15.8. The summed E-state index contributed by atoms with van der Waals surface area (Å²) >= 11 is 3.46. The summed E-state index contributed by atoms with van der Waals surface area (Å²) in [7, 11) is -1.90. The largest absolute Gasteiger partial charge is 0.382 e. The van der Waals surface area contributed by atoms with Gasteiger partial charge >= 0.3 is 0 Å². The molecule has 1 saturated carbocycles. The normalized spacial score (nSPS) is 14.2. The molecule has 8 nitrogen and oxygen atoms in total. The lowest BCUT2D eigenvalue weighted by Crippen LogP contribution is -2.28. The standard InChI is InChI=1S/C23H20BrN5O3S/c1-29(15-5-6-15)33(31,32)16-7-2-13(3-8-16)20-12-26-22(25)21(28-20)14-4-9-17-18(10-14)19(24)11-27-23(17)30/h2-4,7-12,15H,5-6H2,1H3,(H2,25,26)(H,27,30). The molecule has 3 N–H and O–H groups in total. The molecule has 2 aromatic carbocycles. The van der Waals surface area contributed by atoms with E-state index in [2.05, 4.69) is 30.9 Å². The van der Waals surface area contributed by atoms with E-state index >= 15 is 0 Å². The van der Waals surface area contributed by atoms with Crippen molar-refractivity contribution in [3.63, 3.8) is 0 Å². The lowest BCUT2D eigenvalue weighted by molar-refractivity contribution is 0.464. The Morgan fingerprint density at radius 1 is 1.09 bits per heavy atom. The average molecular weight is 526 g/mol. The number of nitrogens with zero attached hydrogens (tertiary/aromatic N) is 3. The molecular weight excluding hydrogens is 506 g/mol. The quantitative estimate of drug-likeness (QED) is 0.408. The number of nitrogens with two attached hydrogens (primary N) is 1. The van der Waals surface area contributed by atoms with Gasteiger partial charge in [0.1, 0.15) is 11.5 Å². The highest BCUT2D eigenvalue weighted by Gasteiger charge is 2.34. The minimum atomic E-state index is -3.52. The zero-order valence-electron chi connectivity index (χ0n) is 17.6. The number of hydrogen-bond donors (Lipinski definition) is 2. The molecule has 0 amide bonds. The summed E-state index contributed by atoms with van der Waals surface area (Å²) in [5, 5.41) is 1.28. The molecule has 0 radical (unpaired) electrons. The Kier molecular flexibility index (Phi) is 5.31. The molecule has 1 aliphatic rings. The van der Waals surface area contributed by atoms with Crippen LogP contribution >= 0.6 is 15.9 Å². The number of aromatic nitrogens is 3. The number of anilines is 1. The molecule has 1 fully saturated rings. The highest BCUT2D eigenvalue weighted by molar-refractivity contribution is 9.10. The van der Waals surface area contributed by atoms with Gasteiger partial charge in [-0.15, -0.1) is 0 Å². The number of benzene rings is 2. The maximum atomic E-state index is 12.8. The molecule has 33 heavy (non-hydrogen) atoms. The number of nitrogen functional groups attached to an aromatic ring is 1. The Morgan fingerprint density at radius 2 is 1.79 bits per heavy atom. The number of aromatic amines is 1. The summed E-state index contributed by atoms with van der Waals surface area (Å²) in [4.78, 5) is 24.0. The summed E-state index contributed by atoms with van der Waals surface area (Å²) in [6, 6.07) is 12.0. The fourth-order valence-electron chi connectivity index (χ4n) is 3.72. The lowest BCUT2D eigenvalue weighted by atomic mass is 10.1. The first-order valence-corrected chi connectivity index (χ1v) is 12.5. The van der Waals surface area contributed by atoms with Crippen molar-refractivity contribution < 1.29 is 8.42 Å².